The smallest absolute Gasteiger partial charge is 0.414 e. The number of benzene rings is 1. The number of nitrogens with zero attached hydrogens (tertiary/aromatic N) is 1. The molecule has 0 spiro atoms. The van der Waals surface area contributed by atoms with E-state index in [9.17, 15) is 18.2 Å². The van der Waals surface area contributed by atoms with Gasteiger partial charge in [-0.2, -0.15) is 0 Å². The summed E-state index contributed by atoms with van der Waals surface area (Å²) in [6.45, 7) is 1.81. The van der Waals surface area contributed by atoms with Gasteiger partial charge in [0.25, 0.3) is 0 Å². The van der Waals surface area contributed by atoms with E-state index in [1.54, 1.807) is 18.2 Å². The van der Waals surface area contributed by atoms with Crippen molar-refractivity contribution >= 4 is 33.0 Å². The second kappa shape index (κ2) is 7.06. The van der Waals surface area contributed by atoms with Crippen molar-refractivity contribution in [3.8, 4) is 0 Å². The van der Waals surface area contributed by atoms with Crippen LogP contribution < -0.4 is 10.2 Å². The summed E-state index contributed by atoms with van der Waals surface area (Å²) >= 11 is 0. The van der Waals surface area contributed by atoms with Crippen molar-refractivity contribution in [3.63, 3.8) is 0 Å². The van der Waals surface area contributed by atoms with Crippen LogP contribution in [0, 0.1) is 10.6 Å². The highest BCUT2D eigenvalue weighted by atomic mass is 32.2. The summed E-state index contributed by atoms with van der Waals surface area (Å²) < 4.78 is 39.0. The summed E-state index contributed by atoms with van der Waals surface area (Å²) in [5.41, 5.74) is 1.50. The molecule has 1 fully saturated rings. The van der Waals surface area contributed by atoms with Crippen molar-refractivity contribution in [2.24, 2.45) is 0 Å². The van der Waals surface area contributed by atoms with Gasteiger partial charge < -0.3 is 10.1 Å². The topological polar surface area (TPSA) is 99.6 Å². The van der Waals surface area contributed by atoms with Gasteiger partial charge in [-0.3, -0.25) is 14.5 Å². The molecule has 3 rings (SSSR count). The van der Waals surface area contributed by atoms with E-state index in [0.717, 1.165) is 5.57 Å². The van der Waals surface area contributed by atoms with Crippen LogP contribution in [0.1, 0.15) is 18.9 Å². The van der Waals surface area contributed by atoms with Gasteiger partial charge in [-0.1, -0.05) is 6.08 Å². The van der Waals surface area contributed by atoms with E-state index >= 15 is 0 Å². The van der Waals surface area contributed by atoms with Crippen LogP contribution in [-0.2, 0) is 19.3 Å². The maximum atomic E-state index is 14.6. The van der Waals surface area contributed by atoms with Crippen molar-refractivity contribution < 1.29 is 22.9 Å². The fourth-order valence-corrected chi connectivity index (χ4v) is 4.16. The lowest BCUT2D eigenvalue weighted by Gasteiger charge is -2.18. The lowest BCUT2D eigenvalue weighted by atomic mass is 10.0. The summed E-state index contributed by atoms with van der Waals surface area (Å²) in [4.78, 5) is 24.3. The van der Waals surface area contributed by atoms with E-state index in [-0.39, 0.29) is 30.5 Å². The molecular formula is C17H20FN3O4S. The Morgan fingerprint density at radius 1 is 1.50 bits per heavy atom. The Bertz CT molecular complexity index is 882. The van der Waals surface area contributed by atoms with Crippen molar-refractivity contribution in [2.75, 3.05) is 29.5 Å². The van der Waals surface area contributed by atoms with Gasteiger partial charge in [-0.05, 0) is 30.2 Å². The molecule has 0 aromatic heterocycles. The van der Waals surface area contributed by atoms with E-state index in [4.69, 9.17) is 9.52 Å². The van der Waals surface area contributed by atoms with Gasteiger partial charge >= 0.3 is 6.09 Å². The van der Waals surface area contributed by atoms with Gasteiger partial charge in [0, 0.05) is 28.0 Å². The molecule has 0 radical (unpaired) electrons. The maximum Gasteiger partial charge on any atom is 0.414 e. The molecule has 2 heterocycles. The third kappa shape index (κ3) is 4.04. The quantitative estimate of drug-likeness (QED) is 0.834. The second-order valence-electron chi connectivity index (χ2n) is 6.38. The molecular weight excluding hydrogens is 361 g/mol. The van der Waals surface area contributed by atoms with Crippen molar-refractivity contribution in [1.82, 2.24) is 5.32 Å². The Hall–Kier alpha value is -2.42. The Morgan fingerprint density at radius 3 is 2.88 bits per heavy atom. The van der Waals surface area contributed by atoms with Crippen LogP contribution in [0.4, 0.5) is 14.9 Å². The molecule has 2 aliphatic heterocycles. The number of cyclic esters (lactones) is 1. The number of carbonyl (C=O) groups excluding carboxylic acids is 2. The van der Waals surface area contributed by atoms with Gasteiger partial charge in [-0.25, -0.2) is 13.4 Å². The number of hydrogen-bond acceptors (Lipinski definition) is 5. The zero-order chi connectivity index (χ0) is 18.9. The average molecular weight is 381 g/mol. The van der Waals surface area contributed by atoms with E-state index in [0.29, 0.717) is 17.7 Å². The first-order valence-electron chi connectivity index (χ1n) is 8.21. The molecule has 0 bridgehead atoms. The minimum absolute atomic E-state index is 0.132. The Morgan fingerprint density at radius 2 is 2.27 bits per heavy atom. The predicted octanol–water partition coefficient (Wildman–Crippen LogP) is 2.12. The highest BCUT2D eigenvalue weighted by Gasteiger charge is 2.32. The third-order valence-corrected chi connectivity index (χ3v) is 5.93. The highest BCUT2D eigenvalue weighted by molar-refractivity contribution is 7.92. The normalized spacial score (nSPS) is 25.6. The van der Waals surface area contributed by atoms with E-state index < -0.39 is 27.7 Å². The molecule has 1 aromatic carbocycles. The monoisotopic (exact) mass is 381 g/mol. The van der Waals surface area contributed by atoms with E-state index in [2.05, 4.69) is 5.32 Å². The van der Waals surface area contributed by atoms with Crippen LogP contribution in [0.2, 0.25) is 0 Å². The summed E-state index contributed by atoms with van der Waals surface area (Å²) in [7, 11) is -2.58. The molecule has 2 amide bonds. The van der Waals surface area contributed by atoms with Crippen LogP contribution in [-0.4, -0.2) is 46.9 Å². The zero-order valence-electron chi connectivity index (χ0n) is 14.3. The van der Waals surface area contributed by atoms with Gasteiger partial charge in [-0.15, -0.1) is 0 Å². The number of carbonyl (C=O) groups is 2. The van der Waals surface area contributed by atoms with Gasteiger partial charge in [0.05, 0.1) is 24.5 Å². The minimum atomic E-state index is -2.58. The summed E-state index contributed by atoms with van der Waals surface area (Å²) in [6.07, 6.45) is 0.979. The van der Waals surface area contributed by atoms with Crippen LogP contribution in [0.5, 0.6) is 0 Å². The molecule has 1 aromatic rings. The summed E-state index contributed by atoms with van der Waals surface area (Å²) in [5, 5.41) is 2.59. The lowest BCUT2D eigenvalue weighted by Crippen LogP contribution is -2.33. The number of anilines is 1. The molecule has 140 valence electrons. The Kier molecular flexibility index (Phi) is 4.99. The van der Waals surface area contributed by atoms with Crippen LogP contribution in [0.25, 0.3) is 5.57 Å². The summed E-state index contributed by atoms with van der Waals surface area (Å²) in [6, 6.07) is 4.49. The first kappa shape index (κ1) is 18.4. The van der Waals surface area contributed by atoms with Crippen molar-refractivity contribution in [2.45, 2.75) is 19.4 Å². The number of nitrogens with one attached hydrogen (secondary N) is 2. The fourth-order valence-electron chi connectivity index (χ4n) is 2.97. The van der Waals surface area contributed by atoms with E-state index in [1.165, 1.54) is 17.9 Å². The largest absolute Gasteiger partial charge is 0.442 e. The standard InChI is InChI=1S/C17H20FN3O4S/c1-11(22)20-9-14-10-21(17(23)25-14)13-2-3-15(16(18)8-13)12-4-6-26(19,24)7-5-12/h2-4,8,14,19H,5-7,9-10H2,1H3,(H,20,22)/t14-,26?/m0/s1. The number of halogens is 1. The first-order chi connectivity index (χ1) is 12.2. The first-order valence-corrected chi connectivity index (χ1v) is 10.1. The number of allylic oxidation sites excluding steroid dienone is 1. The molecule has 1 saturated heterocycles. The number of rotatable bonds is 4. The van der Waals surface area contributed by atoms with Gasteiger partial charge in [0.2, 0.25) is 5.91 Å². The zero-order valence-corrected chi connectivity index (χ0v) is 15.1. The molecule has 9 heteroatoms. The Balaban J connectivity index is 1.75. The molecule has 2 atom stereocenters. The molecule has 7 nitrogen and oxygen atoms in total. The molecule has 2 aliphatic rings. The minimum Gasteiger partial charge on any atom is -0.442 e. The molecule has 0 saturated carbocycles. The maximum absolute atomic E-state index is 14.6. The molecule has 2 N–H and O–H groups in total. The third-order valence-electron chi connectivity index (χ3n) is 4.36. The van der Waals surface area contributed by atoms with Gasteiger partial charge in [0.15, 0.2) is 0 Å². The molecule has 1 unspecified atom stereocenters. The Labute approximate surface area is 151 Å². The van der Waals surface area contributed by atoms with E-state index in [1.807, 2.05) is 0 Å². The second-order valence-corrected chi connectivity index (χ2v) is 8.74. The predicted molar refractivity (Wildman–Crippen MR) is 95.9 cm³/mol. The number of amides is 2. The van der Waals surface area contributed by atoms with Crippen molar-refractivity contribution in [3.05, 3.63) is 35.7 Å². The fraction of sp³-hybridized carbons (Fsp3) is 0.412. The van der Waals surface area contributed by atoms with Gasteiger partial charge in [0.1, 0.15) is 11.9 Å². The lowest BCUT2D eigenvalue weighted by molar-refractivity contribution is -0.119. The molecule has 0 aliphatic carbocycles. The average Bonchev–Trinajstić information content (AvgIpc) is 2.94. The number of ether oxygens (including phenoxy) is 1. The van der Waals surface area contributed by atoms with Crippen LogP contribution >= 0.6 is 0 Å². The van der Waals surface area contributed by atoms with Crippen LogP contribution in [0.3, 0.4) is 0 Å². The highest BCUT2D eigenvalue weighted by Crippen LogP contribution is 2.30. The summed E-state index contributed by atoms with van der Waals surface area (Å²) in [5.74, 6) is -0.340. The SMILES string of the molecule is CC(=O)NC[C@H]1CN(c2ccc(C3=CCS(=N)(=O)CC3)c(F)c2)C(=O)O1. The van der Waals surface area contributed by atoms with Crippen molar-refractivity contribution in [1.29, 1.82) is 4.78 Å². The number of hydrogen-bond donors (Lipinski definition) is 2. The molecule has 26 heavy (non-hydrogen) atoms. The van der Waals surface area contributed by atoms with Crippen LogP contribution in [0.15, 0.2) is 24.3 Å².